The van der Waals surface area contributed by atoms with Crippen LogP contribution in [0.2, 0.25) is 0 Å². The molecular formula is C23H24N4O5. The van der Waals surface area contributed by atoms with E-state index in [9.17, 15) is 14.4 Å². The van der Waals surface area contributed by atoms with E-state index in [4.69, 9.17) is 9.47 Å². The molecule has 3 aromatic rings. The van der Waals surface area contributed by atoms with Crippen molar-refractivity contribution in [2.24, 2.45) is 0 Å². The molecule has 0 atom stereocenters. The number of fused-ring (bicyclic) bond motifs is 2. The van der Waals surface area contributed by atoms with Gasteiger partial charge in [-0.2, -0.15) is 0 Å². The number of H-pyrrole nitrogens is 1. The standard InChI is InChI=1S/C23H24N4O5/c28-21(7-8-27-22(29)17-3-1-2-4-18(17)24-23(27)30)26-11-9-25(10-12-26)14-16-5-6-19-20(13-16)32-15-31-19/h1-6,13H,7-12,14-15H2,(H,24,30). The summed E-state index contributed by atoms with van der Waals surface area (Å²) in [6.07, 6.45) is 0.115. The fourth-order valence-corrected chi connectivity index (χ4v) is 4.22. The Morgan fingerprint density at radius 3 is 2.59 bits per heavy atom. The lowest BCUT2D eigenvalue weighted by molar-refractivity contribution is -0.133. The SMILES string of the molecule is O=C(CCn1c(=O)[nH]c2ccccc2c1=O)N1CCN(Cc2ccc3c(c2)OCO3)CC1. The third-order valence-electron chi connectivity index (χ3n) is 6.01. The molecule has 1 aromatic heterocycles. The Bertz CT molecular complexity index is 1270. The van der Waals surface area contributed by atoms with Crippen LogP contribution in [0.3, 0.4) is 0 Å². The van der Waals surface area contributed by atoms with E-state index < -0.39 is 5.69 Å². The number of aromatic nitrogens is 2. The summed E-state index contributed by atoms with van der Waals surface area (Å²) in [6.45, 7) is 3.86. The quantitative estimate of drug-likeness (QED) is 0.645. The van der Waals surface area contributed by atoms with Gasteiger partial charge in [-0.1, -0.05) is 18.2 Å². The summed E-state index contributed by atoms with van der Waals surface area (Å²) in [5, 5.41) is 0.441. The van der Waals surface area contributed by atoms with Gasteiger partial charge in [-0.25, -0.2) is 4.79 Å². The summed E-state index contributed by atoms with van der Waals surface area (Å²) in [6, 6.07) is 12.8. The molecule has 1 fully saturated rings. The van der Waals surface area contributed by atoms with Crippen LogP contribution in [0.15, 0.2) is 52.1 Å². The lowest BCUT2D eigenvalue weighted by Crippen LogP contribution is -2.48. The van der Waals surface area contributed by atoms with Crippen molar-refractivity contribution in [3.05, 3.63) is 68.9 Å². The zero-order valence-electron chi connectivity index (χ0n) is 17.6. The van der Waals surface area contributed by atoms with E-state index in [0.717, 1.165) is 41.3 Å². The Kier molecular flexibility index (Phi) is 5.40. The molecule has 2 aliphatic heterocycles. The topological polar surface area (TPSA) is 96.9 Å². The lowest BCUT2D eigenvalue weighted by Gasteiger charge is -2.34. The summed E-state index contributed by atoms with van der Waals surface area (Å²) in [7, 11) is 0. The van der Waals surface area contributed by atoms with E-state index in [1.165, 1.54) is 0 Å². The Hall–Kier alpha value is -3.59. The first-order valence-electron chi connectivity index (χ1n) is 10.7. The maximum absolute atomic E-state index is 12.7. The zero-order valence-corrected chi connectivity index (χ0v) is 17.6. The van der Waals surface area contributed by atoms with E-state index >= 15 is 0 Å². The zero-order chi connectivity index (χ0) is 22.1. The molecule has 2 aliphatic rings. The highest BCUT2D eigenvalue weighted by Gasteiger charge is 2.22. The molecule has 166 valence electrons. The van der Waals surface area contributed by atoms with Crippen molar-refractivity contribution < 1.29 is 14.3 Å². The van der Waals surface area contributed by atoms with Crippen LogP contribution in [0.1, 0.15) is 12.0 Å². The molecule has 0 spiro atoms. The van der Waals surface area contributed by atoms with E-state index in [2.05, 4.69) is 9.88 Å². The maximum Gasteiger partial charge on any atom is 0.328 e. The van der Waals surface area contributed by atoms with Gasteiger partial charge in [-0.15, -0.1) is 0 Å². The molecule has 3 heterocycles. The van der Waals surface area contributed by atoms with Gasteiger partial charge < -0.3 is 19.4 Å². The number of para-hydroxylation sites is 1. The summed E-state index contributed by atoms with van der Waals surface area (Å²) < 4.78 is 11.9. The predicted molar refractivity (Wildman–Crippen MR) is 118 cm³/mol. The Morgan fingerprint density at radius 1 is 0.969 bits per heavy atom. The summed E-state index contributed by atoms with van der Waals surface area (Å²) in [4.78, 5) is 44.4. The Morgan fingerprint density at radius 2 is 1.75 bits per heavy atom. The largest absolute Gasteiger partial charge is 0.454 e. The van der Waals surface area contributed by atoms with Crippen LogP contribution in [-0.4, -0.2) is 58.2 Å². The minimum atomic E-state index is -0.491. The Labute approximate surface area is 183 Å². The number of nitrogens with zero attached hydrogens (tertiary/aromatic N) is 3. The van der Waals surface area contributed by atoms with Crippen LogP contribution in [0.25, 0.3) is 10.9 Å². The average Bonchev–Trinajstić information content (AvgIpc) is 3.27. The second-order valence-electron chi connectivity index (χ2n) is 8.03. The third-order valence-corrected chi connectivity index (χ3v) is 6.01. The molecule has 0 saturated carbocycles. The van der Waals surface area contributed by atoms with Crippen LogP contribution in [0.5, 0.6) is 11.5 Å². The molecule has 2 aromatic carbocycles. The van der Waals surface area contributed by atoms with Crippen molar-refractivity contribution in [3.8, 4) is 11.5 Å². The molecule has 5 rings (SSSR count). The maximum atomic E-state index is 12.7. The van der Waals surface area contributed by atoms with Crippen molar-refractivity contribution in [2.75, 3.05) is 33.0 Å². The first-order chi connectivity index (χ1) is 15.6. The molecule has 1 amide bonds. The molecule has 0 aliphatic carbocycles. The van der Waals surface area contributed by atoms with Gasteiger partial charge >= 0.3 is 5.69 Å². The number of carbonyl (C=O) groups is 1. The summed E-state index contributed by atoms with van der Waals surface area (Å²) in [5.41, 5.74) is 0.785. The van der Waals surface area contributed by atoms with E-state index in [-0.39, 0.29) is 31.2 Å². The molecule has 1 saturated heterocycles. The monoisotopic (exact) mass is 436 g/mol. The van der Waals surface area contributed by atoms with Gasteiger partial charge in [-0.3, -0.25) is 19.1 Å². The van der Waals surface area contributed by atoms with E-state index in [1.807, 2.05) is 18.2 Å². The summed E-state index contributed by atoms with van der Waals surface area (Å²) in [5.74, 6) is 1.50. The number of nitrogens with one attached hydrogen (secondary N) is 1. The van der Waals surface area contributed by atoms with Gasteiger partial charge in [0.15, 0.2) is 11.5 Å². The van der Waals surface area contributed by atoms with Crippen LogP contribution < -0.4 is 20.7 Å². The number of piperazine rings is 1. The number of benzene rings is 2. The molecule has 0 unspecified atom stereocenters. The molecule has 32 heavy (non-hydrogen) atoms. The van der Waals surface area contributed by atoms with Gasteiger partial charge in [0.25, 0.3) is 5.56 Å². The summed E-state index contributed by atoms with van der Waals surface area (Å²) >= 11 is 0. The number of aromatic amines is 1. The van der Waals surface area contributed by atoms with Gasteiger partial charge in [0.05, 0.1) is 10.9 Å². The molecule has 0 bridgehead atoms. The number of hydrogen-bond acceptors (Lipinski definition) is 6. The molecule has 9 nitrogen and oxygen atoms in total. The van der Waals surface area contributed by atoms with E-state index in [1.54, 1.807) is 29.2 Å². The second-order valence-corrected chi connectivity index (χ2v) is 8.03. The first kappa shape index (κ1) is 20.3. The molecule has 0 radical (unpaired) electrons. The van der Waals surface area contributed by atoms with Gasteiger partial charge in [0.2, 0.25) is 12.7 Å². The highest BCUT2D eigenvalue weighted by Crippen LogP contribution is 2.32. The number of rotatable bonds is 5. The predicted octanol–water partition coefficient (Wildman–Crippen LogP) is 1.15. The minimum absolute atomic E-state index is 0.0489. The molecular weight excluding hydrogens is 412 g/mol. The average molecular weight is 436 g/mol. The number of hydrogen-bond donors (Lipinski definition) is 1. The highest BCUT2D eigenvalue weighted by atomic mass is 16.7. The number of ether oxygens (including phenoxy) is 2. The fourth-order valence-electron chi connectivity index (χ4n) is 4.22. The van der Waals surface area contributed by atoms with Gasteiger partial charge in [0.1, 0.15) is 0 Å². The smallest absolute Gasteiger partial charge is 0.328 e. The highest BCUT2D eigenvalue weighted by molar-refractivity contribution is 5.77. The van der Waals surface area contributed by atoms with Gasteiger partial charge in [-0.05, 0) is 29.8 Å². The molecule has 9 heteroatoms. The van der Waals surface area contributed by atoms with Crippen molar-refractivity contribution in [2.45, 2.75) is 19.5 Å². The van der Waals surface area contributed by atoms with Crippen molar-refractivity contribution in [3.63, 3.8) is 0 Å². The van der Waals surface area contributed by atoms with Crippen LogP contribution in [-0.2, 0) is 17.9 Å². The second kappa shape index (κ2) is 8.51. The van der Waals surface area contributed by atoms with Crippen LogP contribution >= 0.6 is 0 Å². The normalized spacial score (nSPS) is 15.9. The number of carbonyl (C=O) groups excluding carboxylic acids is 1. The fraction of sp³-hybridized carbons (Fsp3) is 0.348. The minimum Gasteiger partial charge on any atom is -0.454 e. The Balaban J connectivity index is 1.16. The van der Waals surface area contributed by atoms with Crippen molar-refractivity contribution in [1.29, 1.82) is 0 Å². The van der Waals surface area contributed by atoms with E-state index in [0.29, 0.717) is 24.0 Å². The molecule has 1 N–H and O–H groups in total. The first-order valence-corrected chi connectivity index (χ1v) is 10.7. The third kappa shape index (κ3) is 3.99. The van der Waals surface area contributed by atoms with Crippen molar-refractivity contribution in [1.82, 2.24) is 19.4 Å². The van der Waals surface area contributed by atoms with Crippen LogP contribution in [0, 0.1) is 0 Å². The lowest BCUT2D eigenvalue weighted by atomic mass is 10.1. The van der Waals surface area contributed by atoms with Gasteiger partial charge in [0, 0.05) is 45.7 Å². The number of amides is 1. The van der Waals surface area contributed by atoms with Crippen molar-refractivity contribution >= 4 is 16.8 Å². The van der Waals surface area contributed by atoms with Crippen LogP contribution in [0.4, 0.5) is 0 Å².